The summed E-state index contributed by atoms with van der Waals surface area (Å²) in [6, 6.07) is 11.8. The second-order valence-electron chi connectivity index (χ2n) is 14.5. The van der Waals surface area contributed by atoms with Crippen LogP contribution in [0.4, 0.5) is 0 Å². The number of Topliss-reactive ketones (excluding diaryl/α,β-unsaturated/α-hetero) is 1. The normalized spacial score (nSPS) is 23.2. The molecular weight excluding hydrogens is 616 g/mol. The predicted molar refractivity (Wildman–Crippen MR) is 189 cm³/mol. The Morgan fingerprint density at radius 1 is 1.16 bits per heavy atom. The van der Waals surface area contributed by atoms with E-state index in [9.17, 15) is 20.1 Å². The number of aliphatic hydroxyl groups excluding tert-OH is 2. The monoisotopic (exact) mass is 662 g/mol. The predicted octanol–water partition coefficient (Wildman–Crippen LogP) is 6.22. The Labute approximate surface area is 286 Å². The van der Waals surface area contributed by atoms with Crippen LogP contribution < -0.4 is 15.8 Å². The molecule has 0 radical (unpaired) electrons. The maximum Gasteiger partial charge on any atom is 0.165 e. The number of ether oxygens (including phenoxy) is 1. The Hall–Kier alpha value is -4.31. The quantitative estimate of drug-likeness (QED) is 0.0998. The minimum Gasteiger partial charge on any atom is -0.504 e. The Morgan fingerprint density at radius 2 is 2.04 bits per heavy atom. The summed E-state index contributed by atoms with van der Waals surface area (Å²) in [7, 11) is 0. The van der Waals surface area contributed by atoms with Crippen LogP contribution in [-0.4, -0.2) is 42.9 Å². The molecule has 1 fully saturated rings. The third kappa shape index (κ3) is 5.39. The maximum absolute atomic E-state index is 12.5. The molecule has 8 rings (SSSR count). The number of aromatic hydroxyl groups is 1. The van der Waals surface area contributed by atoms with Gasteiger partial charge in [-0.2, -0.15) is 0 Å². The second-order valence-corrected chi connectivity index (χ2v) is 14.5. The van der Waals surface area contributed by atoms with Crippen molar-refractivity contribution in [3.63, 3.8) is 0 Å². The topological polar surface area (TPSA) is 146 Å². The van der Waals surface area contributed by atoms with Gasteiger partial charge in [0.25, 0.3) is 0 Å². The summed E-state index contributed by atoms with van der Waals surface area (Å²) in [5.74, 6) is 0.770. The molecule has 49 heavy (non-hydrogen) atoms. The molecule has 3 heterocycles. The van der Waals surface area contributed by atoms with Crippen molar-refractivity contribution in [2.45, 2.75) is 102 Å². The summed E-state index contributed by atoms with van der Waals surface area (Å²) >= 11 is 0. The lowest BCUT2D eigenvalue weighted by Gasteiger charge is -2.45. The van der Waals surface area contributed by atoms with Gasteiger partial charge < -0.3 is 40.7 Å². The van der Waals surface area contributed by atoms with Crippen molar-refractivity contribution >= 4 is 22.3 Å². The molecule has 0 bridgehead atoms. The van der Waals surface area contributed by atoms with Gasteiger partial charge in [0.2, 0.25) is 0 Å². The van der Waals surface area contributed by atoms with Gasteiger partial charge in [0.15, 0.2) is 18.2 Å². The van der Waals surface area contributed by atoms with E-state index in [2.05, 4.69) is 53.2 Å². The van der Waals surface area contributed by atoms with Gasteiger partial charge in [0.05, 0.1) is 17.7 Å². The number of benzene rings is 2. The Kier molecular flexibility index (Phi) is 8.17. The first-order chi connectivity index (χ1) is 23.8. The fourth-order valence-electron chi connectivity index (χ4n) is 9.30. The van der Waals surface area contributed by atoms with E-state index in [1.807, 2.05) is 11.5 Å². The highest BCUT2D eigenvalue weighted by atomic mass is 16.5. The van der Waals surface area contributed by atoms with E-state index in [0.29, 0.717) is 24.5 Å². The summed E-state index contributed by atoms with van der Waals surface area (Å²) in [6.45, 7) is 2.19. The highest BCUT2D eigenvalue weighted by molar-refractivity contribution is 5.94. The molecule has 4 aliphatic rings. The third-order valence-corrected chi connectivity index (χ3v) is 11.4. The number of fused-ring (bicyclic) bond motifs is 4. The fourth-order valence-corrected chi connectivity index (χ4v) is 9.30. The third-order valence-electron chi connectivity index (χ3n) is 11.4. The van der Waals surface area contributed by atoms with Gasteiger partial charge in [-0.15, -0.1) is 0 Å². The standard InChI is InChI=1S/C40H46N4O5/c1-2-5-24(45)17-26(47)18-25(46)11-9-23-10-14-35(48)36(16-23)49-22-44-20-29-32(19-42-34(29)21-44)40-15-4-8-30(40)27-12-13-33-38(27)37-28(39(41)43-33)6-3-7-31(37)40/h3,6-7,10,13-14,16,19-21,24,26,30,39,42-43,45,47-48H,2,4-5,8-9,11-12,15,17-18,22,41H2,1H3. The Morgan fingerprint density at radius 3 is 2.90 bits per heavy atom. The molecule has 7 N–H and O–H groups in total. The minimum atomic E-state index is -0.839. The number of H-pyrrole nitrogens is 1. The van der Waals surface area contributed by atoms with E-state index in [1.54, 1.807) is 23.8 Å². The van der Waals surface area contributed by atoms with Crippen LogP contribution in [0.5, 0.6) is 11.5 Å². The number of rotatable bonds is 13. The van der Waals surface area contributed by atoms with Crippen LogP contribution >= 0.6 is 0 Å². The van der Waals surface area contributed by atoms with Gasteiger partial charge in [-0.05, 0) is 84.4 Å². The number of nitrogens with zero attached hydrogens (tertiary/aromatic N) is 1. The molecule has 4 aromatic rings. The number of nitrogens with two attached hydrogens (primary N) is 1. The highest BCUT2D eigenvalue weighted by Gasteiger charge is 2.54. The van der Waals surface area contributed by atoms with Crippen molar-refractivity contribution in [2.24, 2.45) is 11.7 Å². The van der Waals surface area contributed by atoms with Gasteiger partial charge in [0, 0.05) is 53.5 Å². The van der Waals surface area contributed by atoms with Crippen molar-refractivity contribution in [3.05, 3.63) is 100 Å². The summed E-state index contributed by atoms with van der Waals surface area (Å²) in [5.41, 5.74) is 17.8. The highest BCUT2D eigenvalue weighted by Crippen LogP contribution is 2.63. The summed E-state index contributed by atoms with van der Waals surface area (Å²) in [4.78, 5) is 16.1. The zero-order valence-electron chi connectivity index (χ0n) is 28.0. The summed E-state index contributed by atoms with van der Waals surface area (Å²) in [5, 5.41) is 35.5. The lowest BCUT2D eigenvalue weighted by atomic mass is 9.58. The van der Waals surface area contributed by atoms with Gasteiger partial charge in [-0.1, -0.05) is 55.7 Å². The average Bonchev–Trinajstić information content (AvgIpc) is 3.87. The molecular formula is C40H46N4O5. The molecule has 0 spiro atoms. The van der Waals surface area contributed by atoms with Gasteiger partial charge in [-0.3, -0.25) is 4.79 Å². The molecule has 3 aliphatic carbocycles. The lowest BCUT2D eigenvalue weighted by Crippen LogP contribution is -2.41. The first kappa shape index (κ1) is 31.9. The number of phenols is 1. The first-order valence-electron chi connectivity index (χ1n) is 17.9. The van der Waals surface area contributed by atoms with E-state index >= 15 is 0 Å². The van der Waals surface area contributed by atoms with Crippen LogP contribution in [0.1, 0.15) is 98.7 Å². The maximum atomic E-state index is 12.5. The number of phenolic OH excluding ortho intramolecular Hbond substituents is 1. The van der Waals surface area contributed by atoms with Crippen LogP contribution in [0.2, 0.25) is 0 Å². The van der Waals surface area contributed by atoms with Crippen LogP contribution in [0, 0.1) is 5.92 Å². The number of allylic oxidation sites excluding steroid dienone is 3. The smallest absolute Gasteiger partial charge is 0.165 e. The van der Waals surface area contributed by atoms with Crippen LogP contribution in [0.25, 0.3) is 16.5 Å². The zero-order valence-corrected chi connectivity index (χ0v) is 28.0. The number of carbonyl (C=O) groups is 1. The van der Waals surface area contributed by atoms with Crippen molar-refractivity contribution in [1.29, 1.82) is 0 Å². The van der Waals surface area contributed by atoms with E-state index < -0.39 is 12.2 Å². The van der Waals surface area contributed by atoms with Crippen LogP contribution in [0.15, 0.2) is 72.3 Å². The van der Waals surface area contributed by atoms with E-state index in [4.69, 9.17) is 10.5 Å². The number of aromatic nitrogens is 2. The molecule has 5 atom stereocenters. The molecule has 9 heteroatoms. The van der Waals surface area contributed by atoms with E-state index in [0.717, 1.165) is 36.8 Å². The van der Waals surface area contributed by atoms with Gasteiger partial charge in [-0.25, -0.2) is 0 Å². The van der Waals surface area contributed by atoms with Crippen molar-refractivity contribution in [1.82, 2.24) is 14.9 Å². The van der Waals surface area contributed by atoms with Crippen molar-refractivity contribution in [3.8, 4) is 11.5 Å². The Bertz CT molecular complexity index is 1990. The van der Waals surface area contributed by atoms with Crippen LogP contribution in [-0.2, 0) is 23.4 Å². The van der Waals surface area contributed by atoms with Gasteiger partial charge >= 0.3 is 0 Å². The van der Waals surface area contributed by atoms with Crippen molar-refractivity contribution < 1.29 is 24.9 Å². The molecule has 2 aromatic carbocycles. The van der Waals surface area contributed by atoms with Crippen LogP contribution in [0.3, 0.4) is 0 Å². The van der Waals surface area contributed by atoms with E-state index in [1.165, 1.54) is 45.3 Å². The number of nitrogens with one attached hydrogen (secondary N) is 2. The second kappa shape index (κ2) is 12.5. The van der Waals surface area contributed by atoms with Gasteiger partial charge in [0.1, 0.15) is 11.9 Å². The number of aromatic amines is 1. The number of carbonyl (C=O) groups excluding carboxylic acids is 1. The molecule has 5 unspecified atom stereocenters. The average molecular weight is 663 g/mol. The molecule has 2 aromatic heterocycles. The molecule has 256 valence electrons. The number of hydrogen-bond acceptors (Lipinski definition) is 7. The first-order valence-corrected chi connectivity index (χ1v) is 17.9. The Balaban J connectivity index is 1.00. The minimum absolute atomic E-state index is 0.0290. The van der Waals surface area contributed by atoms with Crippen molar-refractivity contribution in [2.75, 3.05) is 0 Å². The lowest BCUT2D eigenvalue weighted by molar-refractivity contribution is -0.121. The zero-order chi connectivity index (χ0) is 33.9. The number of hydrogen-bond donors (Lipinski definition) is 6. The number of aryl methyl sites for hydroxylation is 1. The molecule has 9 nitrogen and oxygen atoms in total. The molecule has 1 saturated carbocycles. The molecule has 0 saturated heterocycles. The largest absolute Gasteiger partial charge is 0.504 e. The molecule has 1 aliphatic heterocycles. The number of aliphatic hydroxyl groups is 2. The number of ketones is 1. The SMILES string of the molecule is CCCC(O)CC(O)CC(=O)CCc1ccc(O)c(OCn2cc3[nH]cc(C45CCCC4C4=C6C(=CC4)NC(N)c4cccc5c46)c3c2)c1. The summed E-state index contributed by atoms with van der Waals surface area (Å²) < 4.78 is 8.15. The summed E-state index contributed by atoms with van der Waals surface area (Å²) in [6.07, 6.45) is 13.9. The van der Waals surface area contributed by atoms with E-state index in [-0.39, 0.29) is 49.1 Å². The molecule has 0 amide bonds. The fraction of sp³-hybridized carbons (Fsp3) is 0.425.